The second kappa shape index (κ2) is 6.71. The van der Waals surface area contributed by atoms with Gasteiger partial charge in [0.05, 0.1) is 17.7 Å². The molecule has 2 aromatic carbocycles. The van der Waals surface area contributed by atoms with Gasteiger partial charge >= 0.3 is 0 Å². The molecule has 0 aliphatic rings. The highest BCUT2D eigenvalue weighted by atomic mass is 79.9. The number of hydrogen-bond acceptors (Lipinski definition) is 3. The van der Waals surface area contributed by atoms with Gasteiger partial charge in [-0.05, 0) is 65.7 Å². The summed E-state index contributed by atoms with van der Waals surface area (Å²) >= 11 is 3.41. The monoisotopic (exact) mass is 383 g/mol. The Balaban J connectivity index is 2.52. The summed E-state index contributed by atoms with van der Waals surface area (Å²) < 4.78 is 33.2. The molecule has 0 aromatic heterocycles. The molecule has 22 heavy (non-hydrogen) atoms. The molecule has 2 aromatic rings. The van der Waals surface area contributed by atoms with Gasteiger partial charge in [-0.3, -0.25) is 4.31 Å². The summed E-state index contributed by atoms with van der Waals surface area (Å²) in [4.78, 5) is 0.253. The molecule has 0 unspecified atom stereocenters. The van der Waals surface area contributed by atoms with Crippen LogP contribution in [0.15, 0.2) is 51.8 Å². The first-order chi connectivity index (χ1) is 10.4. The molecule has 0 amide bonds. The highest BCUT2D eigenvalue weighted by molar-refractivity contribution is 9.10. The fraction of sp³-hybridized carbons (Fsp3) is 0.250. The maximum Gasteiger partial charge on any atom is 0.264 e. The Hall–Kier alpha value is -1.53. The third-order valence-electron chi connectivity index (χ3n) is 3.36. The van der Waals surface area contributed by atoms with E-state index in [1.165, 1.54) is 4.31 Å². The largest absolute Gasteiger partial charge is 0.496 e. The lowest BCUT2D eigenvalue weighted by atomic mass is 10.2. The van der Waals surface area contributed by atoms with Crippen LogP contribution in [0, 0.1) is 6.92 Å². The zero-order valence-corrected chi connectivity index (χ0v) is 15.1. The summed E-state index contributed by atoms with van der Waals surface area (Å²) in [6, 6.07) is 12.2. The van der Waals surface area contributed by atoms with Crippen molar-refractivity contribution in [1.82, 2.24) is 0 Å². The van der Waals surface area contributed by atoms with Gasteiger partial charge in [0.15, 0.2) is 0 Å². The number of halogens is 1. The molecule has 0 spiro atoms. The molecule has 0 aliphatic carbocycles. The lowest BCUT2D eigenvalue weighted by Crippen LogP contribution is -2.31. The van der Waals surface area contributed by atoms with Crippen LogP contribution in [0.4, 0.5) is 5.69 Å². The number of para-hydroxylation sites is 1. The van der Waals surface area contributed by atoms with Gasteiger partial charge in [0, 0.05) is 11.0 Å². The van der Waals surface area contributed by atoms with Crippen LogP contribution in [-0.4, -0.2) is 22.1 Å². The Bertz CT molecular complexity index is 775. The fourth-order valence-corrected chi connectivity index (χ4v) is 4.46. The SMILES string of the molecule is CCN(c1ccccc1Br)S(=O)(=O)c1ccc(OC)c(C)c1. The third-order valence-corrected chi connectivity index (χ3v) is 5.92. The number of aryl methyl sites for hydroxylation is 1. The molecule has 6 heteroatoms. The van der Waals surface area contributed by atoms with Gasteiger partial charge in [-0.25, -0.2) is 8.42 Å². The fourth-order valence-electron chi connectivity index (χ4n) is 2.26. The first-order valence-corrected chi connectivity index (χ1v) is 9.07. The number of hydrogen-bond donors (Lipinski definition) is 0. The van der Waals surface area contributed by atoms with E-state index in [0.29, 0.717) is 18.0 Å². The van der Waals surface area contributed by atoms with Crippen LogP contribution in [0.25, 0.3) is 0 Å². The number of ether oxygens (including phenoxy) is 1. The molecule has 0 radical (unpaired) electrons. The normalized spacial score (nSPS) is 11.3. The van der Waals surface area contributed by atoms with E-state index in [1.807, 2.05) is 32.0 Å². The Labute approximate surface area is 139 Å². The van der Waals surface area contributed by atoms with E-state index in [0.717, 1.165) is 10.0 Å². The van der Waals surface area contributed by atoms with Crippen molar-refractivity contribution in [2.45, 2.75) is 18.7 Å². The Morgan fingerprint density at radius 2 is 1.86 bits per heavy atom. The second-order valence-corrected chi connectivity index (χ2v) is 7.47. The average molecular weight is 384 g/mol. The smallest absolute Gasteiger partial charge is 0.264 e. The topological polar surface area (TPSA) is 46.6 Å². The van der Waals surface area contributed by atoms with Gasteiger partial charge < -0.3 is 4.74 Å². The standard InChI is InChI=1S/C16H18BrNO3S/c1-4-18(15-8-6-5-7-14(15)17)22(19,20)13-9-10-16(21-3)12(2)11-13/h5-11H,4H2,1-3H3. The minimum absolute atomic E-state index is 0.253. The highest BCUT2D eigenvalue weighted by Crippen LogP contribution is 2.31. The van der Waals surface area contributed by atoms with Crippen LogP contribution < -0.4 is 9.04 Å². The van der Waals surface area contributed by atoms with Crippen LogP contribution >= 0.6 is 15.9 Å². The molecule has 0 atom stereocenters. The van der Waals surface area contributed by atoms with E-state index in [9.17, 15) is 8.42 Å². The van der Waals surface area contributed by atoms with Crippen molar-refractivity contribution in [3.63, 3.8) is 0 Å². The van der Waals surface area contributed by atoms with Gasteiger partial charge in [0.25, 0.3) is 10.0 Å². The summed E-state index contributed by atoms with van der Waals surface area (Å²) in [5, 5.41) is 0. The summed E-state index contributed by atoms with van der Waals surface area (Å²) in [6.45, 7) is 3.98. The van der Waals surface area contributed by atoms with Crippen molar-refractivity contribution < 1.29 is 13.2 Å². The minimum atomic E-state index is -3.63. The third kappa shape index (κ3) is 3.13. The summed E-state index contributed by atoms with van der Waals surface area (Å²) in [6.07, 6.45) is 0. The number of sulfonamides is 1. The molecule has 118 valence electrons. The molecule has 0 N–H and O–H groups in total. The van der Waals surface area contributed by atoms with Crippen molar-refractivity contribution in [2.75, 3.05) is 18.0 Å². The second-order valence-electron chi connectivity index (χ2n) is 4.75. The lowest BCUT2D eigenvalue weighted by molar-refractivity contribution is 0.411. The molecular weight excluding hydrogens is 366 g/mol. The van der Waals surface area contributed by atoms with E-state index in [4.69, 9.17) is 4.74 Å². The Morgan fingerprint density at radius 1 is 1.18 bits per heavy atom. The Morgan fingerprint density at radius 3 is 2.41 bits per heavy atom. The van der Waals surface area contributed by atoms with E-state index in [1.54, 1.807) is 31.4 Å². The summed E-state index contributed by atoms with van der Waals surface area (Å²) in [5.41, 5.74) is 1.41. The lowest BCUT2D eigenvalue weighted by Gasteiger charge is -2.24. The van der Waals surface area contributed by atoms with Crippen LogP contribution in [0.2, 0.25) is 0 Å². The molecule has 0 saturated heterocycles. The van der Waals surface area contributed by atoms with Gasteiger partial charge in [0.2, 0.25) is 0 Å². The van der Waals surface area contributed by atoms with Crippen molar-refractivity contribution in [3.05, 3.63) is 52.5 Å². The van der Waals surface area contributed by atoms with Crippen molar-refractivity contribution in [1.29, 1.82) is 0 Å². The molecule has 4 nitrogen and oxygen atoms in total. The zero-order valence-electron chi connectivity index (χ0n) is 12.7. The molecule has 0 bridgehead atoms. The number of benzene rings is 2. The number of methoxy groups -OCH3 is 1. The molecule has 2 rings (SSSR count). The molecule has 0 fully saturated rings. The quantitative estimate of drug-likeness (QED) is 0.784. The maximum atomic E-state index is 12.9. The van der Waals surface area contributed by atoms with Crippen molar-refractivity contribution in [3.8, 4) is 5.75 Å². The molecular formula is C16H18BrNO3S. The predicted octanol–water partition coefficient (Wildman–Crippen LogP) is 3.98. The first kappa shape index (κ1) is 16.8. The Kier molecular flexibility index (Phi) is 5.13. The van der Waals surface area contributed by atoms with E-state index in [-0.39, 0.29) is 4.90 Å². The molecule has 0 aliphatic heterocycles. The molecule has 0 heterocycles. The minimum Gasteiger partial charge on any atom is -0.496 e. The van der Waals surface area contributed by atoms with Gasteiger partial charge in [-0.1, -0.05) is 12.1 Å². The number of rotatable bonds is 5. The van der Waals surface area contributed by atoms with E-state index < -0.39 is 10.0 Å². The highest BCUT2D eigenvalue weighted by Gasteiger charge is 2.25. The summed E-state index contributed by atoms with van der Waals surface area (Å²) in [5.74, 6) is 0.669. The zero-order chi connectivity index (χ0) is 16.3. The van der Waals surface area contributed by atoms with Crippen LogP contribution in [0.5, 0.6) is 5.75 Å². The van der Waals surface area contributed by atoms with E-state index in [2.05, 4.69) is 15.9 Å². The molecule has 0 saturated carbocycles. The van der Waals surface area contributed by atoms with Crippen LogP contribution in [0.1, 0.15) is 12.5 Å². The number of nitrogens with zero attached hydrogens (tertiary/aromatic N) is 1. The average Bonchev–Trinajstić information content (AvgIpc) is 2.49. The maximum absolute atomic E-state index is 12.9. The van der Waals surface area contributed by atoms with E-state index >= 15 is 0 Å². The van der Waals surface area contributed by atoms with Crippen molar-refractivity contribution >= 4 is 31.6 Å². The van der Waals surface area contributed by atoms with Gasteiger partial charge in [-0.2, -0.15) is 0 Å². The van der Waals surface area contributed by atoms with Crippen molar-refractivity contribution in [2.24, 2.45) is 0 Å². The first-order valence-electron chi connectivity index (χ1n) is 6.83. The number of anilines is 1. The van der Waals surface area contributed by atoms with Crippen LogP contribution in [-0.2, 0) is 10.0 Å². The van der Waals surface area contributed by atoms with Crippen LogP contribution in [0.3, 0.4) is 0 Å². The van der Waals surface area contributed by atoms with Gasteiger partial charge in [0.1, 0.15) is 5.75 Å². The predicted molar refractivity (Wildman–Crippen MR) is 92.1 cm³/mol. The summed E-state index contributed by atoms with van der Waals surface area (Å²) in [7, 11) is -2.06. The van der Waals surface area contributed by atoms with Gasteiger partial charge in [-0.15, -0.1) is 0 Å².